The second-order valence-electron chi connectivity index (χ2n) is 4.57. The fraction of sp³-hybridized carbons (Fsp3) is 0.143. The van der Waals surface area contributed by atoms with Gasteiger partial charge in [-0.15, -0.1) is 0 Å². The number of nitrogens with zero attached hydrogens (tertiary/aromatic N) is 3. The number of nitrogens with two attached hydrogens (primary N) is 1. The highest BCUT2D eigenvalue weighted by molar-refractivity contribution is 5.86. The number of hydrogen-bond acceptors (Lipinski definition) is 3. The summed E-state index contributed by atoms with van der Waals surface area (Å²) in [5.74, 6) is 0.647. The van der Waals surface area contributed by atoms with Crippen LogP contribution >= 0.6 is 0 Å². The molecule has 5 heteroatoms. The summed E-state index contributed by atoms with van der Waals surface area (Å²) in [5, 5.41) is 11.4. The summed E-state index contributed by atoms with van der Waals surface area (Å²) in [6.45, 7) is 2.06. The Morgan fingerprint density at radius 1 is 1.16 bits per heavy atom. The van der Waals surface area contributed by atoms with Crippen LogP contribution in [0.5, 0.6) is 0 Å². The monoisotopic (exact) mass is 253 g/mol. The number of rotatable bonds is 2. The van der Waals surface area contributed by atoms with E-state index in [4.69, 9.17) is 5.73 Å². The highest BCUT2D eigenvalue weighted by Crippen LogP contribution is 2.34. The molecule has 1 aromatic carbocycles. The molecule has 0 bridgehead atoms. The van der Waals surface area contributed by atoms with Gasteiger partial charge in [0.2, 0.25) is 0 Å². The first-order valence-electron chi connectivity index (χ1n) is 6.06. The average molecular weight is 253 g/mol. The topological polar surface area (TPSA) is 72.5 Å². The number of aryl methyl sites for hydroxylation is 2. The first kappa shape index (κ1) is 11.5. The van der Waals surface area contributed by atoms with E-state index in [2.05, 4.69) is 46.5 Å². The fourth-order valence-electron chi connectivity index (χ4n) is 2.12. The SMILES string of the molecule is Cc1ccc(-c2c(-c3ccn[nH]3)nn(C)c2N)cc1. The van der Waals surface area contributed by atoms with Crippen molar-refractivity contribution >= 4 is 5.82 Å². The van der Waals surface area contributed by atoms with Crippen molar-refractivity contribution in [2.45, 2.75) is 6.92 Å². The van der Waals surface area contributed by atoms with Gasteiger partial charge in [0.1, 0.15) is 11.5 Å². The molecule has 96 valence electrons. The Balaban J connectivity index is 2.22. The largest absolute Gasteiger partial charge is 0.383 e. The van der Waals surface area contributed by atoms with Crippen LogP contribution in [-0.2, 0) is 7.05 Å². The molecule has 0 fully saturated rings. The van der Waals surface area contributed by atoms with Gasteiger partial charge in [0.15, 0.2) is 0 Å². The maximum atomic E-state index is 6.15. The third-order valence-electron chi connectivity index (χ3n) is 3.19. The first-order valence-corrected chi connectivity index (χ1v) is 6.06. The second-order valence-corrected chi connectivity index (χ2v) is 4.57. The molecule has 0 aliphatic heterocycles. The number of hydrogen-bond donors (Lipinski definition) is 2. The van der Waals surface area contributed by atoms with Crippen molar-refractivity contribution in [3.8, 4) is 22.5 Å². The number of aromatic amines is 1. The molecule has 19 heavy (non-hydrogen) atoms. The smallest absolute Gasteiger partial charge is 0.129 e. The standard InChI is InChI=1S/C14H15N5/c1-9-3-5-10(6-4-9)12-13(11-7-8-16-17-11)18-19(2)14(12)15/h3-8H,15H2,1-2H3,(H,16,17). The predicted octanol–water partition coefficient (Wildman–Crippen LogP) is 2.37. The van der Waals surface area contributed by atoms with Gasteiger partial charge >= 0.3 is 0 Å². The van der Waals surface area contributed by atoms with Gasteiger partial charge in [-0.1, -0.05) is 29.8 Å². The molecule has 0 saturated heterocycles. The minimum Gasteiger partial charge on any atom is -0.383 e. The van der Waals surface area contributed by atoms with Crippen LogP contribution in [0.4, 0.5) is 5.82 Å². The maximum absolute atomic E-state index is 6.15. The van der Waals surface area contributed by atoms with E-state index in [0.29, 0.717) is 5.82 Å². The number of H-pyrrole nitrogens is 1. The highest BCUT2D eigenvalue weighted by Gasteiger charge is 2.17. The minimum atomic E-state index is 0.647. The molecule has 0 unspecified atom stereocenters. The predicted molar refractivity (Wildman–Crippen MR) is 75.4 cm³/mol. The number of nitrogen functional groups attached to an aromatic ring is 1. The molecule has 0 aliphatic rings. The summed E-state index contributed by atoms with van der Waals surface area (Å²) in [4.78, 5) is 0. The summed E-state index contributed by atoms with van der Waals surface area (Å²) < 4.78 is 1.69. The molecule has 2 aromatic heterocycles. The zero-order valence-electron chi connectivity index (χ0n) is 10.9. The van der Waals surface area contributed by atoms with Crippen LogP contribution in [0.15, 0.2) is 36.5 Å². The number of nitrogens with one attached hydrogen (secondary N) is 1. The van der Waals surface area contributed by atoms with E-state index in [1.54, 1.807) is 10.9 Å². The van der Waals surface area contributed by atoms with Gasteiger partial charge < -0.3 is 5.73 Å². The van der Waals surface area contributed by atoms with E-state index in [1.165, 1.54) is 5.56 Å². The molecule has 0 aliphatic carbocycles. The second kappa shape index (κ2) is 4.28. The lowest BCUT2D eigenvalue weighted by Gasteiger charge is -2.03. The highest BCUT2D eigenvalue weighted by atomic mass is 15.3. The van der Waals surface area contributed by atoms with E-state index in [9.17, 15) is 0 Å². The summed E-state index contributed by atoms with van der Waals surface area (Å²) in [6, 6.07) is 10.1. The fourth-order valence-corrected chi connectivity index (χ4v) is 2.12. The minimum absolute atomic E-state index is 0.647. The maximum Gasteiger partial charge on any atom is 0.129 e. The third kappa shape index (κ3) is 1.89. The molecule has 3 aromatic rings. The van der Waals surface area contributed by atoms with E-state index >= 15 is 0 Å². The van der Waals surface area contributed by atoms with Crippen LogP contribution in [0.2, 0.25) is 0 Å². The lowest BCUT2D eigenvalue weighted by Crippen LogP contribution is -1.97. The summed E-state index contributed by atoms with van der Waals surface area (Å²) in [5.41, 5.74) is 11.0. The Hall–Kier alpha value is -2.56. The molecule has 0 saturated carbocycles. The molecule has 2 heterocycles. The first-order chi connectivity index (χ1) is 9.16. The molecule has 0 amide bonds. The molecule has 3 rings (SSSR count). The van der Waals surface area contributed by atoms with Crippen LogP contribution in [0.1, 0.15) is 5.56 Å². The molecule has 5 nitrogen and oxygen atoms in total. The van der Waals surface area contributed by atoms with Crippen molar-refractivity contribution in [3.05, 3.63) is 42.1 Å². The van der Waals surface area contributed by atoms with Crippen molar-refractivity contribution in [1.29, 1.82) is 0 Å². The van der Waals surface area contributed by atoms with Crippen LogP contribution < -0.4 is 5.73 Å². The Morgan fingerprint density at radius 3 is 2.53 bits per heavy atom. The Morgan fingerprint density at radius 2 is 1.89 bits per heavy atom. The average Bonchev–Trinajstić information content (AvgIpc) is 3.01. The van der Waals surface area contributed by atoms with Gasteiger partial charge in [0.25, 0.3) is 0 Å². The zero-order chi connectivity index (χ0) is 13.4. The summed E-state index contributed by atoms with van der Waals surface area (Å²) >= 11 is 0. The van der Waals surface area contributed by atoms with Crippen molar-refractivity contribution in [1.82, 2.24) is 20.0 Å². The van der Waals surface area contributed by atoms with E-state index < -0.39 is 0 Å². The molecular weight excluding hydrogens is 238 g/mol. The van der Waals surface area contributed by atoms with Gasteiger partial charge in [0, 0.05) is 13.2 Å². The van der Waals surface area contributed by atoms with Gasteiger partial charge in [-0.2, -0.15) is 10.2 Å². The van der Waals surface area contributed by atoms with Crippen LogP contribution in [0.25, 0.3) is 22.5 Å². The van der Waals surface area contributed by atoms with E-state index in [0.717, 1.165) is 22.5 Å². The molecule has 0 radical (unpaired) electrons. The molecule has 0 spiro atoms. The summed E-state index contributed by atoms with van der Waals surface area (Å²) in [6.07, 6.45) is 1.71. The molecular formula is C14H15N5. The van der Waals surface area contributed by atoms with Crippen molar-refractivity contribution in [2.24, 2.45) is 7.05 Å². The van der Waals surface area contributed by atoms with Crippen LogP contribution in [0.3, 0.4) is 0 Å². The summed E-state index contributed by atoms with van der Waals surface area (Å²) in [7, 11) is 1.84. The van der Waals surface area contributed by atoms with E-state index in [-0.39, 0.29) is 0 Å². The van der Waals surface area contributed by atoms with Crippen molar-refractivity contribution in [3.63, 3.8) is 0 Å². The van der Waals surface area contributed by atoms with Crippen LogP contribution in [0, 0.1) is 6.92 Å². The van der Waals surface area contributed by atoms with Crippen molar-refractivity contribution in [2.75, 3.05) is 5.73 Å². The number of aromatic nitrogens is 4. The number of benzene rings is 1. The normalized spacial score (nSPS) is 10.8. The number of anilines is 1. The quantitative estimate of drug-likeness (QED) is 0.736. The van der Waals surface area contributed by atoms with Gasteiger partial charge in [0.05, 0.1) is 11.3 Å². The lowest BCUT2D eigenvalue weighted by molar-refractivity contribution is 0.781. The van der Waals surface area contributed by atoms with Gasteiger partial charge in [-0.05, 0) is 18.6 Å². The van der Waals surface area contributed by atoms with Crippen molar-refractivity contribution < 1.29 is 0 Å². The zero-order valence-corrected chi connectivity index (χ0v) is 10.9. The Bertz CT molecular complexity index is 692. The van der Waals surface area contributed by atoms with Crippen LogP contribution in [-0.4, -0.2) is 20.0 Å². The molecule has 0 atom stereocenters. The van der Waals surface area contributed by atoms with Gasteiger partial charge in [-0.25, -0.2) is 0 Å². The third-order valence-corrected chi connectivity index (χ3v) is 3.19. The molecule has 3 N–H and O–H groups in total. The Kier molecular flexibility index (Phi) is 2.59. The lowest BCUT2D eigenvalue weighted by atomic mass is 10.0. The van der Waals surface area contributed by atoms with E-state index in [1.807, 2.05) is 13.1 Å². The van der Waals surface area contributed by atoms with Gasteiger partial charge in [-0.3, -0.25) is 9.78 Å². The Labute approximate surface area is 111 Å².